The third-order valence-corrected chi connectivity index (χ3v) is 9.31. The molecule has 7 nitrogen and oxygen atoms in total. The third-order valence-electron chi connectivity index (χ3n) is 8.30. The first-order valence-corrected chi connectivity index (χ1v) is 17.3. The fourth-order valence-electron chi connectivity index (χ4n) is 5.74. The summed E-state index contributed by atoms with van der Waals surface area (Å²) in [5.41, 5.74) is 6.20. The molecule has 0 spiro atoms. The summed E-state index contributed by atoms with van der Waals surface area (Å²) in [6, 6.07) is 38.3. The molecule has 0 aliphatic carbocycles. The number of hydrogen-bond donors (Lipinski definition) is 3. The zero-order valence-electron chi connectivity index (χ0n) is 27.7. The number of amides is 3. The number of thioether (sulfide) groups is 1. The average Bonchev–Trinajstić information content (AvgIpc) is 3.44. The first-order chi connectivity index (χ1) is 23.8. The van der Waals surface area contributed by atoms with E-state index in [-0.39, 0.29) is 23.3 Å². The number of anilines is 2. The van der Waals surface area contributed by atoms with E-state index in [1.165, 1.54) is 28.2 Å². The van der Waals surface area contributed by atoms with Gasteiger partial charge in [0, 0.05) is 50.2 Å². The summed E-state index contributed by atoms with van der Waals surface area (Å²) in [5.74, 6) is -0.320. The zero-order valence-corrected chi connectivity index (χ0v) is 28.5. The lowest BCUT2D eigenvalue weighted by molar-refractivity contribution is -0.114. The van der Waals surface area contributed by atoms with Crippen LogP contribution in [0.4, 0.5) is 11.4 Å². The van der Waals surface area contributed by atoms with Crippen molar-refractivity contribution in [1.82, 2.24) is 9.88 Å². The molecule has 0 atom stereocenters. The normalized spacial score (nSPS) is 11.6. The van der Waals surface area contributed by atoms with Crippen LogP contribution in [0.15, 0.2) is 132 Å². The lowest BCUT2D eigenvalue weighted by Crippen LogP contribution is -2.30. The number of nitrogens with zero attached hydrogens (tertiary/aromatic N) is 1. The number of aryl methyl sites for hydroxylation is 1. The average molecular weight is 667 g/mol. The van der Waals surface area contributed by atoms with E-state index in [0.717, 1.165) is 33.6 Å². The van der Waals surface area contributed by atoms with Crippen LogP contribution < -0.4 is 16.0 Å². The van der Waals surface area contributed by atoms with Crippen molar-refractivity contribution in [3.8, 4) is 0 Å². The van der Waals surface area contributed by atoms with Crippen molar-refractivity contribution in [2.75, 3.05) is 16.4 Å². The van der Waals surface area contributed by atoms with Gasteiger partial charge >= 0.3 is 0 Å². The molecule has 6 rings (SSSR count). The summed E-state index contributed by atoms with van der Waals surface area (Å²) in [7, 11) is 0. The van der Waals surface area contributed by atoms with Crippen molar-refractivity contribution in [3.05, 3.63) is 144 Å². The van der Waals surface area contributed by atoms with E-state index < -0.39 is 5.91 Å². The summed E-state index contributed by atoms with van der Waals surface area (Å²) in [5, 5.41) is 11.0. The molecule has 0 unspecified atom stereocenters. The molecule has 3 amide bonds. The molecule has 8 heteroatoms. The molecule has 0 saturated carbocycles. The summed E-state index contributed by atoms with van der Waals surface area (Å²) < 4.78 is 2.28. The minimum absolute atomic E-state index is 0.105. The maximum Gasteiger partial charge on any atom is 0.272 e. The first-order valence-electron chi connectivity index (χ1n) is 16.3. The quantitative estimate of drug-likeness (QED) is 0.0950. The fraction of sp³-hybridized carbons (Fsp3) is 0.146. The summed E-state index contributed by atoms with van der Waals surface area (Å²) in [6.45, 7) is 7.24. The van der Waals surface area contributed by atoms with Gasteiger partial charge < -0.3 is 20.5 Å². The Kier molecular flexibility index (Phi) is 10.3. The van der Waals surface area contributed by atoms with Gasteiger partial charge in [0.05, 0.1) is 5.75 Å². The molecule has 1 aromatic heterocycles. The minimum atomic E-state index is -0.448. The molecule has 246 valence electrons. The molecule has 0 aliphatic heterocycles. The number of fused-ring (bicyclic) bond motifs is 3. The van der Waals surface area contributed by atoms with Gasteiger partial charge in [-0.3, -0.25) is 14.4 Å². The van der Waals surface area contributed by atoms with Crippen molar-refractivity contribution in [2.45, 2.75) is 38.1 Å². The van der Waals surface area contributed by atoms with Crippen LogP contribution in [0.2, 0.25) is 0 Å². The Hall–Kier alpha value is -5.60. The maximum atomic E-state index is 13.5. The van der Waals surface area contributed by atoms with E-state index in [1.807, 2.05) is 66.7 Å². The highest BCUT2D eigenvalue weighted by molar-refractivity contribution is 8.00. The van der Waals surface area contributed by atoms with Crippen LogP contribution in [0.3, 0.4) is 0 Å². The van der Waals surface area contributed by atoms with Crippen LogP contribution in [0.25, 0.3) is 27.9 Å². The number of aromatic nitrogens is 1. The van der Waals surface area contributed by atoms with E-state index in [2.05, 4.69) is 59.5 Å². The van der Waals surface area contributed by atoms with Crippen LogP contribution in [-0.4, -0.2) is 28.0 Å². The summed E-state index contributed by atoms with van der Waals surface area (Å²) in [4.78, 5) is 40.2. The lowest BCUT2D eigenvalue weighted by Gasteiger charge is -2.12. The maximum absolute atomic E-state index is 13.5. The van der Waals surface area contributed by atoms with E-state index in [1.54, 1.807) is 42.5 Å². The molecular weight excluding hydrogens is 629 g/mol. The molecule has 0 saturated heterocycles. The molecule has 5 aromatic carbocycles. The molecule has 0 aliphatic rings. The van der Waals surface area contributed by atoms with E-state index in [9.17, 15) is 14.4 Å². The van der Waals surface area contributed by atoms with E-state index in [4.69, 9.17) is 0 Å². The highest BCUT2D eigenvalue weighted by Gasteiger charge is 2.16. The highest BCUT2D eigenvalue weighted by atomic mass is 32.2. The molecule has 6 aromatic rings. The third kappa shape index (κ3) is 7.93. The van der Waals surface area contributed by atoms with Crippen LogP contribution in [-0.2, 0) is 16.1 Å². The molecular formula is C41H38N4O3S. The van der Waals surface area contributed by atoms with Crippen LogP contribution in [0.5, 0.6) is 0 Å². The number of hydrogen-bond acceptors (Lipinski definition) is 4. The Morgan fingerprint density at radius 2 is 1.41 bits per heavy atom. The van der Waals surface area contributed by atoms with Crippen LogP contribution in [0, 0.1) is 0 Å². The predicted octanol–water partition coefficient (Wildman–Crippen LogP) is 9.08. The van der Waals surface area contributed by atoms with Gasteiger partial charge in [-0.2, -0.15) is 0 Å². The van der Waals surface area contributed by atoms with Crippen LogP contribution in [0.1, 0.15) is 48.2 Å². The molecule has 49 heavy (non-hydrogen) atoms. The Balaban J connectivity index is 1.09. The SMILES string of the molecule is CCn1c2ccccc2c2cc(NC(=O)CSc3ccc(NC(=O)/C(=C/c4ccc(C(C)C)cc4)NC(=O)c4ccccc4)cc3)ccc21. The first kappa shape index (κ1) is 33.3. The summed E-state index contributed by atoms with van der Waals surface area (Å²) >= 11 is 1.41. The number of para-hydroxylation sites is 1. The van der Waals surface area contributed by atoms with Gasteiger partial charge in [-0.15, -0.1) is 11.8 Å². The summed E-state index contributed by atoms with van der Waals surface area (Å²) in [6.07, 6.45) is 1.67. The van der Waals surface area contributed by atoms with Crippen molar-refractivity contribution in [2.24, 2.45) is 0 Å². The molecule has 1 heterocycles. The number of benzene rings is 5. The van der Waals surface area contributed by atoms with E-state index in [0.29, 0.717) is 17.2 Å². The van der Waals surface area contributed by atoms with Crippen molar-refractivity contribution in [3.63, 3.8) is 0 Å². The fourth-order valence-corrected chi connectivity index (χ4v) is 6.44. The second-order valence-electron chi connectivity index (χ2n) is 12.0. The molecule has 0 bridgehead atoms. The van der Waals surface area contributed by atoms with Crippen molar-refractivity contribution >= 4 is 68.7 Å². The second kappa shape index (κ2) is 15.1. The minimum Gasteiger partial charge on any atom is -0.341 e. The molecule has 3 N–H and O–H groups in total. The van der Waals surface area contributed by atoms with Crippen molar-refractivity contribution in [1.29, 1.82) is 0 Å². The number of carbonyl (C=O) groups excluding carboxylic acids is 3. The monoisotopic (exact) mass is 666 g/mol. The van der Waals surface area contributed by atoms with Gasteiger partial charge in [-0.25, -0.2) is 0 Å². The molecule has 0 fully saturated rings. The number of rotatable bonds is 11. The number of carbonyl (C=O) groups is 3. The Bertz CT molecular complexity index is 2150. The van der Waals surface area contributed by atoms with E-state index >= 15 is 0 Å². The van der Waals surface area contributed by atoms with Gasteiger partial charge in [0.2, 0.25) is 5.91 Å². The Morgan fingerprint density at radius 3 is 2.12 bits per heavy atom. The largest absolute Gasteiger partial charge is 0.341 e. The van der Waals surface area contributed by atoms with Gasteiger partial charge in [0.25, 0.3) is 11.8 Å². The second-order valence-corrected chi connectivity index (χ2v) is 13.1. The van der Waals surface area contributed by atoms with Gasteiger partial charge in [0.15, 0.2) is 0 Å². The highest BCUT2D eigenvalue weighted by Crippen LogP contribution is 2.31. The van der Waals surface area contributed by atoms with Crippen molar-refractivity contribution < 1.29 is 14.4 Å². The van der Waals surface area contributed by atoms with Gasteiger partial charge in [-0.1, -0.05) is 74.5 Å². The number of nitrogens with one attached hydrogen (secondary N) is 3. The lowest BCUT2D eigenvalue weighted by atomic mass is 10.0. The van der Waals surface area contributed by atoms with Crippen LogP contribution >= 0.6 is 11.8 Å². The standard InChI is InChI=1S/C41H38N4O3S/c1-4-45-37-13-9-8-12-34(37)35-25-32(20-23-38(35)45)42-39(46)26-49-33-21-18-31(19-22-33)43-41(48)36(44-40(47)30-10-6-5-7-11-30)24-28-14-16-29(17-15-28)27(2)3/h5-25,27H,4,26H2,1-3H3,(H,42,46)(H,43,48)(H,44,47)/b36-24-. The van der Waals surface area contributed by atoms with Gasteiger partial charge in [0.1, 0.15) is 5.70 Å². The zero-order chi connectivity index (χ0) is 34.3. The Morgan fingerprint density at radius 1 is 0.735 bits per heavy atom. The van der Waals surface area contributed by atoms with Gasteiger partial charge in [-0.05, 0) is 90.7 Å². The Labute approximate surface area is 290 Å². The smallest absolute Gasteiger partial charge is 0.272 e. The topological polar surface area (TPSA) is 92.2 Å². The molecule has 0 radical (unpaired) electrons. The predicted molar refractivity (Wildman–Crippen MR) is 202 cm³/mol.